The van der Waals surface area contributed by atoms with Crippen LogP contribution in [0.1, 0.15) is 28.9 Å². The molecule has 1 aliphatic carbocycles. The first-order valence-electron chi connectivity index (χ1n) is 8.32. The molecule has 3 N–H and O–H groups in total. The van der Waals surface area contributed by atoms with Gasteiger partial charge < -0.3 is 15.6 Å². The minimum absolute atomic E-state index is 0.128. The van der Waals surface area contributed by atoms with Crippen molar-refractivity contribution >= 4 is 17.5 Å². The monoisotopic (exact) mass is 347 g/mol. The molecule has 0 atom stereocenters. The van der Waals surface area contributed by atoms with E-state index in [1.54, 1.807) is 24.3 Å². The summed E-state index contributed by atoms with van der Waals surface area (Å²) in [6, 6.07) is 18.0. The highest BCUT2D eigenvalue weighted by Crippen LogP contribution is 2.49. The molecule has 1 saturated carbocycles. The Morgan fingerprint density at radius 2 is 1.73 bits per heavy atom. The van der Waals surface area contributed by atoms with E-state index in [2.05, 4.69) is 10.5 Å². The number of primary amides is 1. The summed E-state index contributed by atoms with van der Waals surface area (Å²) in [7, 11) is 0. The van der Waals surface area contributed by atoms with Gasteiger partial charge in [0.15, 0.2) is 5.76 Å². The summed E-state index contributed by atoms with van der Waals surface area (Å²) in [5.41, 5.74) is 7.14. The Morgan fingerprint density at radius 1 is 1.04 bits per heavy atom. The van der Waals surface area contributed by atoms with E-state index >= 15 is 0 Å². The first kappa shape index (κ1) is 16.1. The number of benzene rings is 2. The SMILES string of the molecule is NC(=O)c1ccc(NC(=O)C2(c3cc(-c4ccccc4)on3)CC2)cc1. The van der Waals surface area contributed by atoms with Crippen molar-refractivity contribution in [3.05, 3.63) is 71.9 Å². The summed E-state index contributed by atoms with van der Waals surface area (Å²) >= 11 is 0. The molecule has 0 spiro atoms. The smallest absolute Gasteiger partial charge is 0.248 e. The molecule has 1 aromatic heterocycles. The Hall–Kier alpha value is -3.41. The summed E-state index contributed by atoms with van der Waals surface area (Å²) < 4.78 is 5.44. The van der Waals surface area contributed by atoms with Crippen LogP contribution in [0.3, 0.4) is 0 Å². The first-order valence-corrected chi connectivity index (χ1v) is 8.32. The van der Waals surface area contributed by atoms with E-state index in [-0.39, 0.29) is 5.91 Å². The zero-order chi connectivity index (χ0) is 18.1. The van der Waals surface area contributed by atoms with Crippen LogP contribution in [-0.4, -0.2) is 17.0 Å². The van der Waals surface area contributed by atoms with Crippen LogP contribution in [0, 0.1) is 0 Å². The molecule has 6 heteroatoms. The molecule has 1 aliphatic rings. The largest absolute Gasteiger partial charge is 0.366 e. The van der Waals surface area contributed by atoms with Crippen LogP contribution in [0.4, 0.5) is 5.69 Å². The number of anilines is 1. The number of aromatic nitrogens is 1. The Balaban J connectivity index is 1.53. The van der Waals surface area contributed by atoms with Crippen molar-refractivity contribution in [2.75, 3.05) is 5.32 Å². The molecule has 1 heterocycles. The van der Waals surface area contributed by atoms with Gasteiger partial charge in [0, 0.05) is 22.9 Å². The van der Waals surface area contributed by atoms with Crippen LogP contribution in [0.2, 0.25) is 0 Å². The van der Waals surface area contributed by atoms with E-state index in [9.17, 15) is 9.59 Å². The van der Waals surface area contributed by atoms with Gasteiger partial charge in [0.25, 0.3) is 0 Å². The van der Waals surface area contributed by atoms with E-state index in [1.165, 1.54) is 0 Å². The molecule has 2 aromatic carbocycles. The molecule has 4 rings (SSSR count). The fourth-order valence-electron chi connectivity index (χ4n) is 2.93. The molecule has 0 unspecified atom stereocenters. The molecule has 26 heavy (non-hydrogen) atoms. The Labute approximate surface area is 150 Å². The third kappa shape index (κ3) is 2.86. The van der Waals surface area contributed by atoms with E-state index in [0.717, 1.165) is 18.4 Å². The quantitative estimate of drug-likeness (QED) is 0.741. The average Bonchev–Trinajstić information content (AvgIpc) is 3.33. The van der Waals surface area contributed by atoms with Crippen LogP contribution in [-0.2, 0) is 10.2 Å². The lowest BCUT2D eigenvalue weighted by Crippen LogP contribution is -2.28. The highest BCUT2D eigenvalue weighted by Gasteiger charge is 2.53. The predicted octanol–water partition coefficient (Wildman–Crippen LogP) is 3.11. The second-order valence-electron chi connectivity index (χ2n) is 6.42. The lowest BCUT2D eigenvalue weighted by atomic mass is 10.00. The highest BCUT2D eigenvalue weighted by molar-refractivity contribution is 6.01. The zero-order valence-electron chi connectivity index (χ0n) is 13.9. The molecule has 0 radical (unpaired) electrons. The van der Waals surface area contributed by atoms with Gasteiger partial charge in [0.1, 0.15) is 0 Å². The second kappa shape index (κ2) is 6.15. The summed E-state index contributed by atoms with van der Waals surface area (Å²) in [5, 5.41) is 7.02. The van der Waals surface area contributed by atoms with Crippen LogP contribution in [0.5, 0.6) is 0 Å². The van der Waals surface area contributed by atoms with Crippen molar-refractivity contribution in [2.24, 2.45) is 5.73 Å². The summed E-state index contributed by atoms with van der Waals surface area (Å²) in [6.07, 6.45) is 1.44. The van der Waals surface area contributed by atoms with E-state index in [0.29, 0.717) is 22.7 Å². The van der Waals surface area contributed by atoms with Crippen molar-refractivity contribution in [2.45, 2.75) is 18.3 Å². The van der Waals surface area contributed by atoms with Gasteiger partial charge in [0.05, 0.1) is 11.1 Å². The van der Waals surface area contributed by atoms with Crippen LogP contribution < -0.4 is 11.1 Å². The molecular formula is C20H17N3O3. The van der Waals surface area contributed by atoms with Gasteiger partial charge in [0.2, 0.25) is 11.8 Å². The van der Waals surface area contributed by atoms with Crippen molar-refractivity contribution in [1.29, 1.82) is 0 Å². The maximum Gasteiger partial charge on any atom is 0.248 e. The van der Waals surface area contributed by atoms with Gasteiger partial charge in [-0.2, -0.15) is 0 Å². The number of nitrogens with two attached hydrogens (primary N) is 1. The molecular weight excluding hydrogens is 330 g/mol. The number of rotatable bonds is 5. The number of nitrogens with one attached hydrogen (secondary N) is 1. The molecule has 0 bridgehead atoms. The van der Waals surface area contributed by atoms with Gasteiger partial charge >= 0.3 is 0 Å². The van der Waals surface area contributed by atoms with Crippen LogP contribution >= 0.6 is 0 Å². The summed E-state index contributed by atoms with van der Waals surface area (Å²) in [4.78, 5) is 23.9. The van der Waals surface area contributed by atoms with Crippen molar-refractivity contribution in [1.82, 2.24) is 5.16 Å². The van der Waals surface area contributed by atoms with Gasteiger partial charge in [-0.1, -0.05) is 35.5 Å². The van der Waals surface area contributed by atoms with E-state index < -0.39 is 11.3 Å². The van der Waals surface area contributed by atoms with Gasteiger partial charge in [-0.05, 0) is 37.1 Å². The number of nitrogens with zero attached hydrogens (tertiary/aromatic N) is 1. The fourth-order valence-corrected chi connectivity index (χ4v) is 2.93. The van der Waals surface area contributed by atoms with E-state index in [4.69, 9.17) is 10.3 Å². The zero-order valence-corrected chi connectivity index (χ0v) is 13.9. The predicted molar refractivity (Wildman–Crippen MR) is 96.4 cm³/mol. The van der Waals surface area contributed by atoms with Gasteiger partial charge in [-0.15, -0.1) is 0 Å². The Morgan fingerprint density at radius 3 is 2.35 bits per heavy atom. The van der Waals surface area contributed by atoms with Crippen molar-refractivity contribution in [3.63, 3.8) is 0 Å². The number of carbonyl (C=O) groups is 2. The molecule has 2 amide bonds. The number of hydrogen-bond donors (Lipinski definition) is 2. The van der Waals surface area contributed by atoms with Gasteiger partial charge in [-0.3, -0.25) is 9.59 Å². The Kier molecular flexibility index (Phi) is 3.80. The molecule has 6 nitrogen and oxygen atoms in total. The van der Waals surface area contributed by atoms with Crippen LogP contribution in [0.25, 0.3) is 11.3 Å². The lowest BCUT2D eigenvalue weighted by molar-refractivity contribution is -0.118. The fraction of sp³-hybridized carbons (Fsp3) is 0.150. The normalized spacial score (nSPS) is 14.6. The Bertz CT molecular complexity index is 957. The highest BCUT2D eigenvalue weighted by atomic mass is 16.5. The van der Waals surface area contributed by atoms with E-state index in [1.807, 2.05) is 36.4 Å². The molecule has 0 saturated heterocycles. The van der Waals surface area contributed by atoms with Crippen molar-refractivity contribution < 1.29 is 14.1 Å². The summed E-state index contributed by atoms with van der Waals surface area (Å²) in [5.74, 6) is 0.0142. The maximum absolute atomic E-state index is 12.8. The van der Waals surface area contributed by atoms with Crippen LogP contribution in [0.15, 0.2) is 65.2 Å². The number of amides is 2. The topological polar surface area (TPSA) is 98.2 Å². The molecule has 0 aliphatic heterocycles. The van der Waals surface area contributed by atoms with Gasteiger partial charge in [-0.25, -0.2) is 0 Å². The lowest BCUT2D eigenvalue weighted by Gasteiger charge is -2.12. The molecule has 3 aromatic rings. The molecule has 130 valence electrons. The third-order valence-electron chi connectivity index (χ3n) is 4.67. The third-order valence-corrected chi connectivity index (χ3v) is 4.67. The number of carbonyl (C=O) groups excluding carboxylic acids is 2. The first-order chi connectivity index (χ1) is 12.6. The van der Waals surface area contributed by atoms with Crippen molar-refractivity contribution in [3.8, 4) is 11.3 Å². The molecule has 1 fully saturated rings. The minimum atomic E-state index is -0.654. The summed E-state index contributed by atoms with van der Waals surface area (Å²) in [6.45, 7) is 0. The number of hydrogen-bond acceptors (Lipinski definition) is 4. The standard InChI is InChI=1S/C20H17N3O3/c21-18(24)14-6-8-15(9-7-14)22-19(25)20(10-11-20)17-12-16(26-23-17)13-4-2-1-3-5-13/h1-9,12H,10-11H2,(H2,21,24)(H,22,25). The average molecular weight is 347 g/mol. The minimum Gasteiger partial charge on any atom is -0.366 e. The second-order valence-corrected chi connectivity index (χ2v) is 6.42. The maximum atomic E-state index is 12.8.